The van der Waals surface area contributed by atoms with E-state index in [0.717, 1.165) is 12.8 Å². The van der Waals surface area contributed by atoms with Crippen molar-refractivity contribution in [2.45, 2.75) is 141 Å². The van der Waals surface area contributed by atoms with Crippen LogP contribution >= 0.6 is 0 Å². The molecule has 1 rings (SSSR count). The van der Waals surface area contributed by atoms with E-state index in [1.807, 2.05) is 0 Å². The fourth-order valence-corrected chi connectivity index (χ4v) is 4.09. The number of hydrogen-bond donors (Lipinski definition) is 4. The first-order valence-corrected chi connectivity index (χ1v) is 13.1. The third kappa shape index (κ3) is 12.8. The molecule has 0 amide bonds. The summed E-state index contributed by atoms with van der Waals surface area (Å²) >= 11 is 0. The Hall–Kier alpha value is -0.280. The van der Waals surface area contributed by atoms with Gasteiger partial charge < -0.3 is 35.3 Å². The molecule has 1 fully saturated rings. The molecule has 1 aliphatic rings. The number of aliphatic hydroxyl groups excluding tert-OH is 3. The normalized spacial score (nSPS) is 27.0. The third-order valence-electron chi connectivity index (χ3n) is 6.34. The summed E-state index contributed by atoms with van der Waals surface area (Å²) in [5, 5.41) is 29.7. The summed E-state index contributed by atoms with van der Waals surface area (Å²) in [6.07, 6.45) is 12.7. The number of aliphatic hydroxyl groups is 3. The molecule has 1 heterocycles. The maximum Gasteiger partial charge on any atom is 0.187 e. The molecule has 0 aliphatic carbocycles. The van der Waals surface area contributed by atoms with Gasteiger partial charge in [-0.15, -0.1) is 0 Å². The van der Waals surface area contributed by atoms with Gasteiger partial charge in [-0.1, -0.05) is 90.4 Å². The van der Waals surface area contributed by atoms with Crippen molar-refractivity contribution in [1.82, 2.24) is 0 Å². The molecule has 1 aliphatic heterocycles. The predicted molar refractivity (Wildman–Crippen MR) is 127 cm³/mol. The van der Waals surface area contributed by atoms with Crippen molar-refractivity contribution in [3.8, 4) is 0 Å². The number of rotatable bonds is 20. The van der Waals surface area contributed by atoms with Gasteiger partial charge in [0.1, 0.15) is 18.3 Å². The van der Waals surface area contributed by atoms with Crippen LogP contribution in [0.4, 0.5) is 0 Å². The van der Waals surface area contributed by atoms with Crippen molar-refractivity contribution in [3.63, 3.8) is 0 Å². The minimum atomic E-state index is -1.32. The monoisotopic (exact) mass is 461 g/mol. The number of nitrogens with two attached hydrogens (primary N) is 1. The lowest BCUT2D eigenvalue weighted by atomic mass is 10.00. The first-order valence-electron chi connectivity index (χ1n) is 13.1. The zero-order chi connectivity index (χ0) is 23.6. The summed E-state index contributed by atoms with van der Waals surface area (Å²) in [5.74, 6) is 0. The highest BCUT2D eigenvalue weighted by Crippen LogP contribution is 2.22. The fraction of sp³-hybridized carbons (Fsp3) is 1.00. The third-order valence-corrected chi connectivity index (χ3v) is 6.34. The Morgan fingerprint density at radius 1 is 0.750 bits per heavy atom. The van der Waals surface area contributed by atoms with E-state index >= 15 is 0 Å². The van der Waals surface area contributed by atoms with Gasteiger partial charge >= 0.3 is 0 Å². The maximum atomic E-state index is 10.0. The minimum absolute atomic E-state index is 0.221. The molecule has 1 saturated heterocycles. The first-order chi connectivity index (χ1) is 15.5. The second kappa shape index (κ2) is 19.1. The molecular formula is C25H51NO6. The molecule has 0 radical (unpaired) electrons. The number of hydrogen-bond acceptors (Lipinski definition) is 7. The van der Waals surface area contributed by atoms with E-state index < -0.39 is 36.8 Å². The average molecular weight is 462 g/mol. The molecule has 0 bridgehead atoms. The fourth-order valence-electron chi connectivity index (χ4n) is 4.09. The van der Waals surface area contributed by atoms with E-state index in [4.69, 9.17) is 19.9 Å². The van der Waals surface area contributed by atoms with Gasteiger partial charge in [0.25, 0.3) is 0 Å². The van der Waals surface area contributed by atoms with Gasteiger partial charge in [0.05, 0.1) is 18.8 Å². The Balaban J connectivity index is 1.94. The lowest BCUT2D eigenvalue weighted by molar-refractivity contribution is -0.305. The number of ether oxygens (including phenoxy) is 3. The highest BCUT2D eigenvalue weighted by molar-refractivity contribution is 4.87. The topological polar surface area (TPSA) is 114 Å². The van der Waals surface area contributed by atoms with Crippen LogP contribution in [0.5, 0.6) is 0 Å². The van der Waals surface area contributed by atoms with Crippen LogP contribution in [-0.2, 0) is 14.2 Å². The van der Waals surface area contributed by atoms with Crippen LogP contribution in [0, 0.1) is 0 Å². The molecule has 7 heteroatoms. The smallest absolute Gasteiger partial charge is 0.187 e. The van der Waals surface area contributed by atoms with Crippen LogP contribution in [0.25, 0.3) is 0 Å². The summed E-state index contributed by atoms with van der Waals surface area (Å²) in [6.45, 7) is 5.08. The summed E-state index contributed by atoms with van der Waals surface area (Å²) in [5.41, 5.74) is 5.74. The molecule has 192 valence electrons. The van der Waals surface area contributed by atoms with Gasteiger partial charge in [-0.25, -0.2) is 0 Å². The highest BCUT2D eigenvalue weighted by atomic mass is 16.7. The van der Waals surface area contributed by atoms with Crippen molar-refractivity contribution < 1.29 is 29.5 Å². The summed E-state index contributed by atoms with van der Waals surface area (Å²) in [4.78, 5) is 0. The molecular weight excluding hydrogens is 410 g/mol. The molecule has 0 saturated carbocycles. The average Bonchev–Trinajstić information content (AvgIpc) is 2.79. The lowest BCUT2D eigenvalue weighted by Gasteiger charge is -2.40. The molecule has 0 unspecified atom stereocenters. The van der Waals surface area contributed by atoms with Crippen molar-refractivity contribution in [3.05, 3.63) is 0 Å². The second-order valence-corrected chi connectivity index (χ2v) is 9.35. The predicted octanol–water partition coefficient (Wildman–Crippen LogP) is 3.66. The Kier molecular flexibility index (Phi) is 17.7. The van der Waals surface area contributed by atoms with Crippen molar-refractivity contribution in [2.24, 2.45) is 5.73 Å². The van der Waals surface area contributed by atoms with Crippen LogP contribution in [0.15, 0.2) is 0 Å². The Bertz CT molecular complexity index is 427. The van der Waals surface area contributed by atoms with Crippen LogP contribution in [0.3, 0.4) is 0 Å². The van der Waals surface area contributed by atoms with Crippen LogP contribution in [-0.4, -0.2) is 71.9 Å². The van der Waals surface area contributed by atoms with E-state index in [1.165, 1.54) is 77.0 Å². The summed E-state index contributed by atoms with van der Waals surface area (Å²) in [7, 11) is 0. The van der Waals surface area contributed by atoms with Crippen LogP contribution < -0.4 is 5.73 Å². The maximum absolute atomic E-state index is 10.0. The summed E-state index contributed by atoms with van der Waals surface area (Å²) < 4.78 is 16.8. The van der Waals surface area contributed by atoms with Gasteiger partial charge in [0.15, 0.2) is 6.29 Å². The van der Waals surface area contributed by atoms with Gasteiger partial charge in [0.2, 0.25) is 0 Å². The van der Waals surface area contributed by atoms with E-state index in [0.29, 0.717) is 13.2 Å². The van der Waals surface area contributed by atoms with Gasteiger partial charge in [0, 0.05) is 13.2 Å². The quantitative estimate of drug-likeness (QED) is 0.205. The van der Waals surface area contributed by atoms with Crippen molar-refractivity contribution >= 4 is 0 Å². The van der Waals surface area contributed by atoms with E-state index in [-0.39, 0.29) is 6.54 Å². The van der Waals surface area contributed by atoms with Crippen molar-refractivity contribution in [2.75, 3.05) is 19.8 Å². The second-order valence-electron chi connectivity index (χ2n) is 9.35. The Morgan fingerprint density at radius 2 is 1.25 bits per heavy atom. The first kappa shape index (κ1) is 29.8. The van der Waals surface area contributed by atoms with Crippen LogP contribution in [0.1, 0.15) is 104 Å². The lowest BCUT2D eigenvalue weighted by Crippen LogP contribution is -2.58. The zero-order valence-electron chi connectivity index (χ0n) is 20.6. The molecule has 0 aromatic carbocycles. The number of unbranched alkanes of at least 4 members (excludes halogenated alkanes) is 13. The van der Waals surface area contributed by atoms with Crippen LogP contribution in [0.2, 0.25) is 0 Å². The van der Waals surface area contributed by atoms with Gasteiger partial charge in [-0.3, -0.25) is 0 Å². The molecule has 5 N–H and O–H groups in total. The molecule has 0 spiro atoms. The van der Waals surface area contributed by atoms with Gasteiger partial charge in [-0.05, 0) is 13.3 Å². The zero-order valence-corrected chi connectivity index (χ0v) is 20.6. The van der Waals surface area contributed by atoms with E-state index in [9.17, 15) is 15.3 Å². The molecule has 32 heavy (non-hydrogen) atoms. The molecule has 0 aromatic rings. The molecule has 6 atom stereocenters. The standard InChI is InChI=1S/C25H51NO6/c1-3-4-5-6-7-8-9-10-11-12-13-14-15-16-17-30-19-21(18-26)32-25-24(29)23(28)22(27)20(2)31-25/h20-25,27-29H,3-19,26H2,1-2H3/t20-,21+,22-,23+,24+,25-/m0/s1. The Morgan fingerprint density at radius 3 is 1.75 bits per heavy atom. The largest absolute Gasteiger partial charge is 0.388 e. The van der Waals surface area contributed by atoms with E-state index in [2.05, 4.69) is 6.92 Å². The van der Waals surface area contributed by atoms with E-state index in [1.54, 1.807) is 6.92 Å². The van der Waals surface area contributed by atoms with Crippen molar-refractivity contribution in [1.29, 1.82) is 0 Å². The minimum Gasteiger partial charge on any atom is -0.388 e. The molecule has 0 aromatic heterocycles. The SMILES string of the molecule is CCCCCCCCCCCCCCCCOC[C@@H](CN)O[C@@H]1O[C@@H](C)[C@H](O)[C@@H](O)[C@H]1O. The highest BCUT2D eigenvalue weighted by Gasteiger charge is 2.43. The molecule has 7 nitrogen and oxygen atoms in total. The Labute approximate surface area is 196 Å². The summed E-state index contributed by atoms with van der Waals surface area (Å²) in [6, 6.07) is 0. The van der Waals surface area contributed by atoms with Gasteiger partial charge in [-0.2, -0.15) is 0 Å².